The van der Waals surface area contributed by atoms with Crippen LogP contribution >= 0.6 is 27.3 Å². The van der Waals surface area contributed by atoms with E-state index in [9.17, 15) is 17.6 Å². The Hall–Kier alpha value is -0.880. The first-order valence-electron chi connectivity index (χ1n) is 5.40. The number of hydrogen-bond acceptors (Lipinski definition) is 1. The van der Waals surface area contributed by atoms with E-state index in [1.54, 1.807) is 0 Å². The number of thiophene rings is 1. The first kappa shape index (κ1) is 14.5. The highest BCUT2D eigenvalue weighted by molar-refractivity contribution is 9.09. The highest BCUT2D eigenvalue weighted by Gasteiger charge is 2.35. The Morgan fingerprint density at radius 2 is 1.95 bits per heavy atom. The van der Waals surface area contributed by atoms with E-state index in [-0.39, 0.29) is 5.56 Å². The maximum Gasteiger partial charge on any atom is 0.419 e. The summed E-state index contributed by atoms with van der Waals surface area (Å²) >= 11 is 4.75. The van der Waals surface area contributed by atoms with Crippen LogP contribution in [0.3, 0.4) is 0 Å². The van der Waals surface area contributed by atoms with Crippen LogP contribution in [0, 0.1) is 5.82 Å². The van der Waals surface area contributed by atoms with Gasteiger partial charge in [0.2, 0.25) is 0 Å². The molecule has 0 aliphatic carbocycles. The van der Waals surface area contributed by atoms with Crippen molar-refractivity contribution < 1.29 is 17.6 Å². The van der Waals surface area contributed by atoms with Crippen LogP contribution in [0.2, 0.25) is 0 Å². The molecule has 1 atom stereocenters. The number of halogens is 5. The van der Waals surface area contributed by atoms with Crippen molar-refractivity contribution in [2.45, 2.75) is 17.4 Å². The van der Waals surface area contributed by atoms with E-state index in [0.717, 1.165) is 11.6 Å². The van der Waals surface area contributed by atoms with Gasteiger partial charge in [-0.1, -0.05) is 28.1 Å². The van der Waals surface area contributed by atoms with Crippen molar-refractivity contribution in [1.29, 1.82) is 0 Å². The van der Waals surface area contributed by atoms with Gasteiger partial charge >= 0.3 is 6.18 Å². The van der Waals surface area contributed by atoms with E-state index in [4.69, 9.17) is 0 Å². The van der Waals surface area contributed by atoms with Crippen LogP contribution in [0.1, 0.15) is 21.5 Å². The zero-order valence-electron chi connectivity index (χ0n) is 9.55. The van der Waals surface area contributed by atoms with Crippen molar-refractivity contribution in [2.75, 3.05) is 0 Å². The molecule has 0 aliphatic heterocycles. The van der Waals surface area contributed by atoms with Gasteiger partial charge in [-0.2, -0.15) is 24.5 Å². The van der Waals surface area contributed by atoms with E-state index in [1.807, 2.05) is 16.8 Å². The Bertz CT molecular complexity index is 548. The van der Waals surface area contributed by atoms with Crippen molar-refractivity contribution in [2.24, 2.45) is 0 Å². The van der Waals surface area contributed by atoms with Gasteiger partial charge in [0.05, 0.1) is 5.56 Å². The Balaban J connectivity index is 2.30. The van der Waals surface area contributed by atoms with Crippen molar-refractivity contribution in [3.8, 4) is 0 Å². The molecule has 2 rings (SSSR count). The fraction of sp³-hybridized carbons (Fsp3) is 0.231. The van der Waals surface area contributed by atoms with Crippen molar-refractivity contribution in [3.05, 3.63) is 57.5 Å². The topological polar surface area (TPSA) is 0 Å². The predicted molar refractivity (Wildman–Crippen MR) is 71.1 cm³/mol. The molecule has 1 heterocycles. The van der Waals surface area contributed by atoms with E-state index >= 15 is 0 Å². The first-order valence-corrected chi connectivity index (χ1v) is 7.26. The quantitative estimate of drug-likeness (QED) is 0.499. The zero-order valence-corrected chi connectivity index (χ0v) is 11.9. The van der Waals surface area contributed by atoms with Gasteiger partial charge in [0, 0.05) is 10.4 Å². The van der Waals surface area contributed by atoms with Crippen molar-refractivity contribution in [3.63, 3.8) is 0 Å². The molecule has 1 unspecified atom stereocenters. The maximum atomic E-state index is 13.9. The first-order chi connectivity index (χ1) is 8.89. The van der Waals surface area contributed by atoms with Gasteiger partial charge in [0.25, 0.3) is 0 Å². The number of alkyl halides is 4. The minimum atomic E-state index is -4.67. The molecule has 0 saturated carbocycles. The third kappa shape index (κ3) is 3.36. The molecule has 0 spiro atoms. The molecule has 0 aliphatic rings. The molecule has 0 N–H and O–H groups in total. The smallest absolute Gasteiger partial charge is 0.206 e. The lowest BCUT2D eigenvalue weighted by Gasteiger charge is -2.14. The van der Waals surface area contributed by atoms with Gasteiger partial charge in [0.1, 0.15) is 5.82 Å². The Morgan fingerprint density at radius 3 is 2.53 bits per heavy atom. The van der Waals surface area contributed by atoms with Gasteiger partial charge in [0.15, 0.2) is 0 Å². The molecule has 0 amide bonds. The molecular weight excluding hydrogens is 344 g/mol. The van der Waals surface area contributed by atoms with Gasteiger partial charge < -0.3 is 0 Å². The van der Waals surface area contributed by atoms with Gasteiger partial charge in [-0.3, -0.25) is 0 Å². The van der Waals surface area contributed by atoms with Crippen molar-refractivity contribution in [1.82, 2.24) is 0 Å². The van der Waals surface area contributed by atoms with E-state index in [2.05, 4.69) is 15.9 Å². The van der Waals surface area contributed by atoms with Crippen LogP contribution in [0.4, 0.5) is 17.6 Å². The maximum absolute atomic E-state index is 13.9. The summed E-state index contributed by atoms with van der Waals surface area (Å²) in [6, 6.07) is 5.22. The van der Waals surface area contributed by atoms with Gasteiger partial charge in [-0.15, -0.1) is 0 Å². The lowest BCUT2D eigenvalue weighted by Crippen LogP contribution is -2.11. The lowest BCUT2D eigenvalue weighted by atomic mass is 10.0. The molecule has 0 saturated heterocycles. The van der Waals surface area contributed by atoms with Crippen LogP contribution in [-0.2, 0) is 12.6 Å². The molecule has 1 aromatic carbocycles. The van der Waals surface area contributed by atoms with Crippen LogP contribution in [0.5, 0.6) is 0 Å². The summed E-state index contributed by atoms with van der Waals surface area (Å²) in [6.45, 7) is 0. The van der Waals surface area contributed by atoms with Crippen molar-refractivity contribution >= 4 is 27.3 Å². The Morgan fingerprint density at radius 1 is 1.21 bits per heavy atom. The molecule has 0 radical (unpaired) electrons. The molecule has 6 heteroatoms. The summed E-state index contributed by atoms with van der Waals surface area (Å²) in [4.78, 5) is -0.482. The highest BCUT2D eigenvalue weighted by Crippen LogP contribution is 2.37. The van der Waals surface area contributed by atoms with Crippen LogP contribution in [-0.4, -0.2) is 0 Å². The number of rotatable bonds is 3. The average Bonchev–Trinajstić information content (AvgIpc) is 2.80. The molecular formula is C13H9BrF4S. The third-order valence-electron chi connectivity index (χ3n) is 2.67. The highest BCUT2D eigenvalue weighted by atomic mass is 79.9. The second kappa shape index (κ2) is 5.63. The summed E-state index contributed by atoms with van der Waals surface area (Å²) in [5.41, 5.74) is -0.232. The summed E-state index contributed by atoms with van der Waals surface area (Å²) in [5, 5.41) is 3.76. The Labute approximate surface area is 120 Å². The molecule has 102 valence electrons. The standard InChI is InChI=1S/C13H9BrF4S/c14-11(6-8-4-5-19-7-8)9-2-1-3-10(12(9)15)13(16,17)18/h1-5,7,11H,6H2. The molecule has 19 heavy (non-hydrogen) atoms. The lowest BCUT2D eigenvalue weighted by molar-refractivity contribution is -0.140. The van der Waals surface area contributed by atoms with Gasteiger partial charge in [-0.25, -0.2) is 4.39 Å². The monoisotopic (exact) mass is 352 g/mol. The fourth-order valence-corrected chi connectivity index (χ4v) is 3.15. The second-order valence-electron chi connectivity index (χ2n) is 4.01. The largest absolute Gasteiger partial charge is 0.419 e. The third-order valence-corrected chi connectivity index (χ3v) is 4.22. The minimum absolute atomic E-state index is 0.0287. The SMILES string of the molecule is Fc1c(C(Br)Cc2ccsc2)cccc1C(F)(F)F. The van der Waals surface area contributed by atoms with Crippen LogP contribution in [0.25, 0.3) is 0 Å². The Kier molecular flexibility index (Phi) is 4.30. The predicted octanol–water partition coefficient (Wildman–Crippen LogP) is 5.58. The molecule has 0 nitrogen and oxygen atoms in total. The van der Waals surface area contributed by atoms with Crippen LogP contribution in [0.15, 0.2) is 35.0 Å². The van der Waals surface area contributed by atoms with E-state index in [1.165, 1.54) is 23.5 Å². The zero-order chi connectivity index (χ0) is 14.0. The molecule has 0 fully saturated rings. The van der Waals surface area contributed by atoms with E-state index in [0.29, 0.717) is 6.42 Å². The summed E-state index contributed by atoms with van der Waals surface area (Å²) < 4.78 is 51.7. The molecule has 1 aromatic heterocycles. The number of benzene rings is 1. The summed E-state index contributed by atoms with van der Waals surface area (Å²) in [7, 11) is 0. The fourth-order valence-electron chi connectivity index (χ4n) is 1.74. The molecule has 0 bridgehead atoms. The van der Waals surface area contributed by atoms with E-state index < -0.39 is 22.4 Å². The normalized spacial score (nSPS) is 13.5. The van der Waals surface area contributed by atoms with Crippen LogP contribution < -0.4 is 0 Å². The molecule has 2 aromatic rings. The second-order valence-corrected chi connectivity index (χ2v) is 5.90. The number of hydrogen-bond donors (Lipinski definition) is 0. The minimum Gasteiger partial charge on any atom is -0.206 e. The van der Waals surface area contributed by atoms with Gasteiger partial charge in [-0.05, 0) is 34.9 Å². The average molecular weight is 353 g/mol. The summed E-state index contributed by atoms with van der Waals surface area (Å²) in [5.74, 6) is -1.20. The summed E-state index contributed by atoms with van der Waals surface area (Å²) in [6.07, 6.45) is -4.23.